The monoisotopic (exact) mass is 650 g/mol. The van der Waals surface area contributed by atoms with Crippen LogP contribution in [0.2, 0.25) is 0 Å². The molecular weight excluding hydrogens is 602 g/mol. The molecule has 2 saturated carbocycles. The van der Waals surface area contributed by atoms with Gasteiger partial charge in [0.05, 0.1) is 23.7 Å². The first-order valence-electron chi connectivity index (χ1n) is 16.9. The van der Waals surface area contributed by atoms with Crippen LogP contribution in [0.3, 0.4) is 0 Å². The van der Waals surface area contributed by atoms with E-state index in [1.165, 1.54) is 6.08 Å². The van der Waals surface area contributed by atoms with E-state index in [-0.39, 0.29) is 72.1 Å². The van der Waals surface area contributed by atoms with Gasteiger partial charge in [0.2, 0.25) is 11.8 Å². The Labute approximate surface area is 268 Å². The molecule has 2 aliphatic carbocycles. The highest BCUT2D eigenvalue weighted by atomic mass is 32.2. The molecule has 7 rings (SSSR count). The Morgan fingerprint density at radius 1 is 1.04 bits per heavy atom. The second kappa shape index (κ2) is 12.6. The molecule has 13 atom stereocenters. The first-order valence-corrected chi connectivity index (χ1v) is 17.9. The number of alkyl halides is 2. The van der Waals surface area contributed by atoms with Crippen molar-refractivity contribution in [1.29, 1.82) is 0 Å². The normalized spacial score (nSPS) is 45.4. The van der Waals surface area contributed by atoms with E-state index in [1.54, 1.807) is 11.8 Å². The number of urea groups is 1. The van der Waals surface area contributed by atoms with E-state index in [4.69, 9.17) is 0 Å². The molecule has 0 radical (unpaired) electrons. The van der Waals surface area contributed by atoms with Gasteiger partial charge in [0.15, 0.2) is 0 Å². The highest BCUT2D eigenvalue weighted by molar-refractivity contribution is 7.99. The van der Waals surface area contributed by atoms with Crippen molar-refractivity contribution in [2.75, 3.05) is 25.5 Å². The zero-order valence-corrected chi connectivity index (χ0v) is 27.0. The van der Waals surface area contributed by atoms with Gasteiger partial charge in [-0.05, 0) is 44.1 Å². The number of hydrogen-bond donors (Lipinski definition) is 5. The van der Waals surface area contributed by atoms with E-state index >= 15 is 8.78 Å². The van der Waals surface area contributed by atoms with Crippen molar-refractivity contribution < 1.29 is 23.2 Å². The third kappa shape index (κ3) is 5.66. The summed E-state index contributed by atoms with van der Waals surface area (Å²) < 4.78 is 32.5. The van der Waals surface area contributed by atoms with Crippen molar-refractivity contribution >= 4 is 29.6 Å². The molecule has 11 unspecified atom stereocenters. The van der Waals surface area contributed by atoms with E-state index in [2.05, 4.69) is 51.9 Å². The summed E-state index contributed by atoms with van der Waals surface area (Å²) in [5, 5.41) is 16.9. The van der Waals surface area contributed by atoms with E-state index in [0.717, 1.165) is 6.42 Å². The SMILES string of the molecule is C=CC(=O)N1CCN(C2NC(=O)N3C4NC(C(F)CC42)C2C(F)CCCC2NC(=O)CCSC2NCNC(C(C)C)C23)[C@H]2C[C@H]21. The fourth-order valence-electron chi connectivity index (χ4n) is 9.32. The summed E-state index contributed by atoms with van der Waals surface area (Å²) in [5.41, 5.74) is 0. The zero-order chi connectivity index (χ0) is 31.6. The summed E-state index contributed by atoms with van der Waals surface area (Å²) in [6.45, 7) is 9.58. The van der Waals surface area contributed by atoms with Gasteiger partial charge >= 0.3 is 6.03 Å². The minimum absolute atomic E-state index is 0.0494. The van der Waals surface area contributed by atoms with Crippen LogP contribution in [-0.2, 0) is 9.59 Å². The fourth-order valence-corrected chi connectivity index (χ4v) is 10.6. The van der Waals surface area contributed by atoms with Crippen LogP contribution < -0.4 is 26.6 Å². The molecule has 0 aromatic heterocycles. The molecule has 14 heteroatoms. The number of rotatable bonds is 3. The van der Waals surface area contributed by atoms with Crippen LogP contribution in [-0.4, -0.2) is 124 Å². The molecule has 0 aromatic carbocycles. The molecule has 4 amide bonds. The summed E-state index contributed by atoms with van der Waals surface area (Å²) in [6, 6.07) is -1.74. The average Bonchev–Trinajstić information content (AvgIpc) is 3.81. The third-order valence-electron chi connectivity index (χ3n) is 11.5. The number of carbonyl (C=O) groups excluding carboxylic acids is 3. The number of carbonyl (C=O) groups is 3. The smallest absolute Gasteiger partial charge is 0.320 e. The number of amides is 4. The van der Waals surface area contributed by atoms with Gasteiger partial charge in [0.1, 0.15) is 12.3 Å². The molecule has 0 aromatic rings. The van der Waals surface area contributed by atoms with Crippen LogP contribution in [0.15, 0.2) is 12.7 Å². The Hall–Kier alpha value is -2.00. The van der Waals surface area contributed by atoms with Crippen molar-refractivity contribution in [3.63, 3.8) is 0 Å². The lowest BCUT2D eigenvalue weighted by atomic mass is 9.72. The number of piperidine rings is 1. The van der Waals surface area contributed by atoms with Crippen molar-refractivity contribution in [2.45, 2.75) is 119 Å². The predicted molar refractivity (Wildman–Crippen MR) is 167 cm³/mol. The van der Waals surface area contributed by atoms with Gasteiger partial charge in [0, 0.05) is 74.0 Å². The maximum Gasteiger partial charge on any atom is 0.320 e. The lowest BCUT2D eigenvalue weighted by molar-refractivity contribution is -0.130. The van der Waals surface area contributed by atoms with Gasteiger partial charge < -0.3 is 20.4 Å². The quantitative estimate of drug-likeness (QED) is 0.288. The largest absolute Gasteiger partial charge is 0.353 e. The van der Waals surface area contributed by atoms with Gasteiger partial charge in [-0.1, -0.05) is 20.4 Å². The summed E-state index contributed by atoms with van der Waals surface area (Å²) in [6.07, 6.45) is 0.608. The van der Waals surface area contributed by atoms with Crippen LogP contribution in [0.25, 0.3) is 0 Å². The van der Waals surface area contributed by atoms with Crippen molar-refractivity contribution in [1.82, 2.24) is 41.3 Å². The van der Waals surface area contributed by atoms with E-state index in [0.29, 0.717) is 44.8 Å². The van der Waals surface area contributed by atoms with Gasteiger partial charge in [-0.3, -0.25) is 30.4 Å². The first-order chi connectivity index (χ1) is 21.7. The summed E-state index contributed by atoms with van der Waals surface area (Å²) in [7, 11) is 0. The highest BCUT2D eigenvalue weighted by Gasteiger charge is 2.60. The average molecular weight is 651 g/mol. The molecule has 45 heavy (non-hydrogen) atoms. The molecule has 11 nitrogen and oxygen atoms in total. The standard InChI is InChI=1S/C31H48F2N8O3S/c1-4-23(43)39-9-10-40(21-13-20(21)39)28-16-12-18(33)26-24-17(32)6-5-7-19(24)36-22(42)8-11-45-30-27(25(15(2)3)34-14-35-30)41(29(16)37-26)31(44)38-28/h4,15-21,24-30,34-35,37H,1,5-14H2,2-3H3,(H,36,42)(H,38,44)/t16?,17?,18?,19?,20-,21+,24?,25?,26?,27?,28?,29?,30?/m1/s1. The molecule has 5 heterocycles. The van der Waals surface area contributed by atoms with Crippen LogP contribution in [0.4, 0.5) is 13.6 Å². The first kappa shape index (κ1) is 31.6. The van der Waals surface area contributed by atoms with Crippen LogP contribution in [0.5, 0.6) is 0 Å². The number of nitrogens with one attached hydrogen (secondary N) is 5. The maximum absolute atomic E-state index is 16.6. The number of nitrogens with zero attached hydrogens (tertiary/aromatic N) is 3. The van der Waals surface area contributed by atoms with Crippen molar-refractivity contribution in [2.24, 2.45) is 17.8 Å². The molecule has 2 bridgehead atoms. The number of thioether (sulfide) groups is 1. The van der Waals surface area contributed by atoms with Crippen LogP contribution in [0.1, 0.15) is 52.4 Å². The second-order valence-corrected chi connectivity index (χ2v) is 15.5. The Balaban J connectivity index is 1.26. The number of halogens is 2. The number of piperazine rings is 1. The lowest BCUT2D eigenvalue weighted by Crippen LogP contribution is -2.81. The molecule has 5 saturated heterocycles. The number of hydrogen-bond acceptors (Lipinski definition) is 8. The van der Waals surface area contributed by atoms with Crippen LogP contribution >= 0.6 is 11.8 Å². The second-order valence-electron chi connectivity index (χ2n) is 14.3. The Morgan fingerprint density at radius 3 is 2.64 bits per heavy atom. The maximum atomic E-state index is 16.6. The third-order valence-corrected chi connectivity index (χ3v) is 12.7. The zero-order valence-electron chi connectivity index (χ0n) is 26.2. The molecule has 0 spiro atoms. The molecule has 250 valence electrons. The fraction of sp³-hybridized carbons (Fsp3) is 0.839. The molecule has 5 N–H and O–H groups in total. The summed E-state index contributed by atoms with van der Waals surface area (Å²) in [4.78, 5) is 46.0. The summed E-state index contributed by atoms with van der Waals surface area (Å²) in [5.74, 6) is -0.512. The molecule has 7 fully saturated rings. The topological polar surface area (TPSA) is 121 Å². The van der Waals surface area contributed by atoms with E-state index in [9.17, 15) is 14.4 Å². The molecule has 5 aliphatic heterocycles. The van der Waals surface area contributed by atoms with Crippen LogP contribution in [0, 0.1) is 17.8 Å². The Kier molecular flexibility index (Phi) is 8.81. The Morgan fingerprint density at radius 2 is 1.87 bits per heavy atom. The van der Waals surface area contributed by atoms with Gasteiger partial charge in [-0.15, -0.1) is 11.8 Å². The molecule has 7 aliphatic rings. The minimum atomic E-state index is -1.36. The lowest BCUT2D eigenvalue weighted by Gasteiger charge is -2.59. The predicted octanol–water partition coefficient (Wildman–Crippen LogP) is 1.08. The van der Waals surface area contributed by atoms with Gasteiger partial charge in [-0.2, -0.15) is 0 Å². The van der Waals surface area contributed by atoms with E-state index < -0.39 is 42.7 Å². The highest BCUT2D eigenvalue weighted by Crippen LogP contribution is 2.45. The summed E-state index contributed by atoms with van der Waals surface area (Å²) >= 11 is 1.64. The van der Waals surface area contributed by atoms with Gasteiger partial charge in [-0.25, -0.2) is 13.6 Å². The minimum Gasteiger partial charge on any atom is -0.353 e. The Bertz CT molecular complexity index is 1180. The van der Waals surface area contributed by atoms with E-state index in [1.807, 2.05) is 9.80 Å². The van der Waals surface area contributed by atoms with Gasteiger partial charge in [0.25, 0.3) is 0 Å². The van der Waals surface area contributed by atoms with Crippen molar-refractivity contribution in [3.8, 4) is 0 Å². The molecular formula is C31H48F2N8O3S. The van der Waals surface area contributed by atoms with Crippen molar-refractivity contribution in [3.05, 3.63) is 12.7 Å². The number of fused-ring (bicyclic) bond motifs is 6.